The van der Waals surface area contributed by atoms with Gasteiger partial charge in [0, 0.05) is 41.6 Å². The minimum Gasteiger partial charge on any atom is -0.381 e. The lowest BCUT2D eigenvalue weighted by Gasteiger charge is -2.14. The fourth-order valence-electron chi connectivity index (χ4n) is 3.22. The van der Waals surface area contributed by atoms with Crippen molar-refractivity contribution < 1.29 is 9.31 Å². The van der Waals surface area contributed by atoms with E-state index in [0.717, 1.165) is 11.3 Å². The molecule has 2 N–H and O–H groups in total. The van der Waals surface area contributed by atoms with Gasteiger partial charge in [-0.3, -0.25) is 15.1 Å². The Morgan fingerprint density at radius 1 is 1.12 bits per heavy atom. The van der Waals surface area contributed by atoms with Crippen LogP contribution in [0.15, 0.2) is 66.9 Å². The van der Waals surface area contributed by atoms with Crippen molar-refractivity contribution in [2.75, 3.05) is 10.6 Å². The zero-order valence-corrected chi connectivity index (χ0v) is 17.2. The number of hydrogen-bond acceptors (Lipinski definition) is 6. The van der Waals surface area contributed by atoms with E-state index in [1.54, 1.807) is 18.2 Å². The van der Waals surface area contributed by atoms with E-state index in [1.807, 2.05) is 12.1 Å². The number of benzene rings is 3. The minimum atomic E-state index is -0.537. The quantitative estimate of drug-likeness (QED) is 0.271. The molecule has 158 valence electrons. The average Bonchev–Trinajstić information content (AvgIpc) is 2.80. The Kier molecular flexibility index (Phi) is 5.83. The van der Waals surface area contributed by atoms with Crippen LogP contribution in [0.3, 0.4) is 0 Å². The third kappa shape index (κ3) is 4.43. The Hall–Kier alpha value is -4.22. The smallest absolute Gasteiger partial charge is 0.269 e. The zero-order valence-electron chi connectivity index (χ0n) is 16.5. The van der Waals surface area contributed by atoms with Crippen molar-refractivity contribution in [3.8, 4) is 6.07 Å². The van der Waals surface area contributed by atoms with Crippen LogP contribution in [0.25, 0.3) is 10.9 Å². The van der Waals surface area contributed by atoms with Crippen molar-refractivity contribution in [2.24, 2.45) is 0 Å². The van der Waals surface area contributed by atoms with Crippen LogP contribution in [-0.4, -0.2) is 9.91 Å². The molecule has 0 bridgehead atoms. The monoisotopic (exact) mass is 447 g/mol. The molecule has 0 atom stereocenters. The SMILES string of the molecule is N#Cc1cnc2ccc(NCc3cccc([N+](=O)[O-])c3)cc2c1Nc1ccc(F)c(Cl)c1. The van der Waals surface area contributed by atoms with Gasteiger partial charge in [-0.2, -0.15) is 5.26 Å². The lowest BCUT2D eigenvalue weighted by atomic mass is 10.1. The number of nitrogens with one attached hydrogen (secondary N) is 2. The van der Waals surface area contributed by atoms with E-state index in [-0.39, 0.29) is 10.7 Å². The second-order valence-corrected chi connectivity index (χ2v) is 7.33. The van der Waals surface area contributed by atoms with E-state index in [4.69, 9.17) is 11.6 Å². The van der Waals surface area contributed by atoms with Gasteiger partial charge in [0.1, 0.15) is 11.9 Å². The minimum absolute atomic E-state index is 0.0233. The van der Waals surface area contributed by atoms with Crippen LogP contribution in [-0.2, 0) is 6.54 Å². The summed E-state index contributed by atoms with van der Waals surface area (Å²) in [5, 5.41) is 27.5. The largest absolute Gasteiger partial charge is 0.381 e. The molecule has 0 aliphatic carbocycles. The first kappa shape index (κ1) is 21.0. The van der Waals surface area contributed by atoms with E-state index in [1.165, 1.54) is 36.5 Å². The number of nitrogens with zero attached hydrogens (tertiary/aromatic N) is 3. The fraction of sp³-hybridized carbons (Fsp3) is 0.0435. The molecular weight excluding hydrogens is 433 g/mol. The number of pyridine rings is 1. The highest BCUT2D eigenvalue weighted by Gasteiger charge is 2.12. The van der Waals surface area contributed by atoms with Crippen molar-refractivity contribution in [2.45, 2.75) is 6.54 Å². The van der Waals surface area contributed by atoms with Gasteiger partial charge in [0.15, 0.2) is 0 Å². The summed E-state index contributed by atoms with van der Waals surface area (Å²) < 4.78 is 13.5. The van der Waals surface area contributed by atoms with E-state index in [2.05, 4.69) is 21.7 Å². The molecule has 3 aromatic carbocycles. The molecule has 0 unspecified atom stereocenters. The van der Waals surface area contributed by atoms with Crippen LogP contribution >= 0.6 is 11.6 Å². The molecule has 0 aliphatic rings. The molecule has 1 heterocycles. The van der Waals surface area contributed by atoms with Gasteiger partial charge < -0.3 is 10.6 Å². The lowest BCUT2D eigenvalue weighted by Crippen LogP contribution is -2.01. The number of nitriles is 1. The van der Waals surface area contributed by atoms with Crippen LogP contribution in [0.5, 0.6) is 0 Å². The molecule has 32 heavy (non-hydrogen) atoms. The Morgan fingerprint density at radius 2 is 1.94 bits per heavy atom. The number of anilines is 3. The normalized spacial score (nSPS) is 10.5. The maximum atomic E-state index is 13.5. The highest BCUT2D eigenvalue weighted by Crippen LogP contribution is 2.32. The number of rotatable bonds is 6. The summed E-state index contributed by atoms with van der Waals surface area (Å²) in [4.78, 5) is 14.9. The summed E-state index contributed by atoms with van der Waals surface area (Å²) in [7, 11) is 0. The van der Waals surface area contributed by atoms with Gasteiger partial charge in [-0.25, -0.2) is 4.39 Å². The van der Waals surface area contributed by atoms with E-state index >= 15 is 0 Å². The van der Waals surface area contributed by atoms with Crippen LogP contribution in [0.2, 0.25) is 5.02 Å². The zero-order chi connectivity index (χ0) is 22.7. The fourth-order valence-corrected chi connectivity index (χ4v) is 3.40. The van der Waals surface area contributed by atoms with Crippen LogP contribution in [0.4, 0.5) is 27.1 Å². The molecule has 0 fully saturated rings. The molecule has 0 saturated carbocycles. The maximum absolute atomic E-state index is 13.5. The summed E-state index contributed by atoms with van der Waals surface area (Å²) in [6, 6.07) is 18.2. The predicted octanol–water partition coefficient (Wildman–Crippen LogP) is 6.16. The van der Waals surface area contributed by atoms with Crippen LogP contribution in [0, 0.1) is 27.3 Å². The average molecular weight is 448 g/mol. The molecule has 9 heteroatoms. The van der Waals surface area contributed by atoms with Crippen molar-refractivity contribution in [3.63, 3.8) is 0 Å². The number of non-ortho nitro benzene ring substituents is 1. The number of nitro benzene ring substituents is 1. The molecule has 4 rings (SSSR count). The molecule has 7 nitrogen and oxygen atoms in total. The van der Waals surface area contributed by atoms with Gasteiger partial charge in [0.05, 0.1) is 26.7 Å². The molecule has 0 aliphatic heterocycles. The Balaban J connectivity index is 1.67. The number of nitro groups is 1. The third-order valence-electron chi connectivity index (χ3n) is 4.80. The van der Waals surface area contributed by atoms with Crippen LogP contribution < -0.4 is 10.6 Å². The predicted molar refractivity (Wildman–Crippen MR) is 122 cm³/mol. The van der Waals surface area contributed by atoms with Gasteiger partial charge in [-0.1, -0.05) is 23.7 Å². The molecule has 0 saturated heterocycles. The van der Waals surface area contributed by atoms with Crippen molar-refractivity contribution in [3.05, 3.63) is 98.9 Å². The Labute approximate surface area is 187 Å². The molecular formula is C23H15ClFN5O2. The van der Waals surface area contributed by atoms with Gasteiger partial charge in [-0.05, 0) is 42.0 Å². The van der Waals surface area contributed by atoms with Gasteiger partial charge >= 0.3 is 0 Å². The van der Waals surface area contributed by atoms with Crippen molar-refractivity contribution in [1.29, 1.82) is 5.26 Å². The van der Waals surface area contributed by atoms with Crippen molar-refractivity contribution in [1.82, 2.24) is 4.98 Å². The maximum Gasteiger partial charge on any atom is 0.269 e. The first-order chi connectivity index (χ1) is 15.4. The topological polar surface area (TPSA) is 104 Å². The second kappa shape index (κ2) is 8.88. The first-order valence-corrected chi connectivity index (χ1v) is 9.84. The molecule has 4 aromatic rings. The Bertz CT molecular complexity index is 1390. The number of fused-ring (bicyclic) bond motifs is 1. The summed E-state index contributed by atoms with van der Waals surface area (Å²) in [5.41, 5.74) is 3.52. The standard InChI is InChI=1S/C23H15ClFN5O2/c24-20-10-17(4-6-21(20)25)29-23-15(11-26)13-28-22-7-5-16(9-19(22)23)27-12-14-2-1-3-18(8-14)30(31)32/h1-10,13,27H,12H2,(H,28,29). The van der Waals surface area contributed by atoms with Crippen molar-refractivity contribution >= 4 is 45.3 Å². The van der Waals surface area contributed by atoms with E-state index in [9.17, 15) is 19.8 Å². The highest BCUT2D eigenvalue weighted by atomic mass is 35.5. The number of aromatic nitrogens is 1. The molecule has 1 aromatic heterocycles. The molecule has 0 spiro atoms. The third-order valence-corrected chi connectivity index (χ3v) is 5.09. The van der Waals surface area contributed by atoms with Gasteiger partial charge in [0.2, 0.25) is 0 Å². The van der Waals surface area contributed by atoms with Gasteiger partial charge in [0.25, 0.3) is 5.69 Å². The van der Waals surface area contributed by atoms with Crippen LogP contribution in [0.1, 0.15) is 11.1 Å². The van der Waals surface area contributed by atoms with E-state index < -0.39 is 10.7 Å². The van der Waals surface area contributed by atoms with Gasteiger partial charge in [-0.15, -0.1) is 0 Å². The highest BCUT2D eigenvalue weighted by molar-refractivity contribution is 6.31. The summed E-state index contributed by atoms with van der Waals surface area (Å²) in [5.74, 6) is -0.537. The number of halogens is 2. The second-order valence-electron chi connectivity index (χ2n) is 6.93. The number of hydrogen-bond donors (Lipinski definition) is 2. The molecule has 0 radical (unpaired) electrons. The summed E-state index contributed by atoms with van der Waals surface area (Å²) in [6.07, 6.45) is 1.46. The molecule has 0 amide bonds. The summed E-state index contributed by atoms with van der Waals surface area (Å²) in [6.45, 7) is 0.370. The summed E-state index contributed by atoms with van der Waals surface area (Å²) >= 11 is 5.88. The van der Waals surface area contributed by atoms with E-state index in [0.29, 0.717) is 34.4 Å². The first-order valence-electron chi connectivity index (χ1n) is 9.47. The lowest BCUT2D eigenvalue weighted by molar-refractivity contribution is -0.384. The Morgan fingerprint density at radius 3 is 2.69 bits per heavy atom.